The number of rotatable bonds is 32. The van der Waals surface area contributed by atoms with Gasteiger partial charge in [-0.2, -0.15) is 5.10 Å². The van der Waals surface area contributed by atoms with E-state index < -0.39 is 26.2 Å². The van der Waals surface area contributed by atoms with E-state index in [4.69, 9.17) is 9.73 Å². The number of benzene rings is 3. The zero-order chi connectivity index (χ0) is 60.6. The second-order valence-electron chi connectivity index (χ2n) is 24.0. The minimum atomic E-state index is -2.31. The highest BCUT2D eigenvalue weighted by atomic mass is 28.3. The number of nitrogens with one attached hydrogen (secondary N) is 5. The van der Waals surface area contributed by atoms with Gasteiger partial charge < -0.3 is 41.0 Å². The minimum Gasteiger partial charge on any atom is -0.545 e. The van der Waals surface area contributed by atoms with Crippen LogP contribution < -0.4 is 37.0 Å². The van der Waals surface area contributed by atoms with Gasteiger partial charge in [0.25, 0.3) is 5.91 Å². The Bertz CT molecular complexity index is 2970. The monoisotopic (exact) mass is 1170 g/mol. The molecule has 0 spiro atoms. The summed E-state index contributed by atoms with van der Waals surface area (Å²) in [4.78, 5) is 57.2. The maximum Gasteiger partial charge on any atom is 0.407 e. The van der Waals surface area contributed by atoms with Gasteiger partial charge in [0.1, 0.15) is 14.2 Å². The molecule has 85 heavy (non-hydrogen) atoms. The second kappa shape index (κ2) is 33.9. The molecule has 0 bridgehead atoms. The summed E-state index contributed by atoms with van der Waals surface area (Å²) in [6.45, 7) is 13.0. The number of hydrogen-bond donors (Lipinski definition) is 6. The highest BCUT2D eigenvalue weighted by Crippen LogP contribution is 2.43. The van der Waals surface area contributed by atoms with E-state index in [0.717, 1.165) is 101 Å². The third kappa shape index (κ3) is 18.9. The predicted octanol–water partition coefficient (Wildman–Crippen LogP) is 12.0. The molecule has 0 aromatic heterocycles. The highest BCUT2D eigenvalue weighted by Gasteiger charge is 2.40. The lowest BCUT2D eigenvalue weighted by Gasteiger charge is -2.38. The first kappa shape index (κ1) is 65.9. The summed E-state index contributed by atoms with van der Waals surface area (Å²) in [6, 6.07) is 18.9. The Labute approximate surface area is 507 Å². The van der Waals surface area contributed by atoms with Gasteiger partial charge in [0.05, 0.1) is 29.5 Å². The number of carboxylic acids is 1. The lowest BCUT2D eigenvalue weighted by molar-refractivity contribution is -0.255. The fourth-order valence-electron chi connectivity index (χ4n) is 12.4. The van der Waals surface area contributed by atoms with Crippen LogP contribution in [-0.4, -0.2) is 87.4 Å². The van der Waals surface area contributed by atoms with Gasteiger partial charge >= 0.3 is 6.09 Å². The first-order chi connectivity index (χ1) is 41.3. The van der Waals surface area contributed by atoms with Crippen LogP contribution in [0.15, 0.2) is 117 Å². The zero-order valence-corrected chi connectivity index (χ0v) is 52.7. The highest BCUT2D eigenvalue weighted by molar-refractivity contribution is 6.98. The third-order valence-electron chi connectivity index (χ3n) is 17.3. The first-order valence-electron chi connectivity index (χ1n) is 32.1. The molecule has 7 rings (SSSR count). The van der Waals surface area contributed by atoms with Gasteiger partial charge in [-0.1, -0.05) is 164 Å². The fraction of sp³-hybridized carbons (Fsp3) is 0.514. The molecule has 6 N–H and O–H groups in total. The number of ether oxygens (including phenoxy) is 1. The van der Waals surface area contributed by atoms with Crippen LogP contribution in [0.4, 0.5) is 4.79 Å². The van der Waals surface area contributed by atoms with Gasteiger partial charge in [-0.25, -0.2) is 4.79 Å². The van der Waals surface area contributed by atoms with Crippen LogP contribution in [0.5, 0.6) is 0 Å². The van der Waals surface area contributed by atoms with E-state index in [2.05, 4.69) is 88.2 Å². The summed E-state index contributed by atoms with van der Waals surface area (Å²) in [5.41, 5.74) is 12.9. The second-order valence-corrected chi connectivity index (χ2v) is 28.3. The van der Waals surface area contributed by atoms with Crippen molar-refractivity contribution in [1.82, 2.24) is 26.7 Å². The number of nitrogens with zero attached hydrogens (tertiary/aromatic N) is 2. The van der Waals surface area contributed by atoms with Crippen LogP contribution in [0.1, 0.15) is 211 Å². The Kier molecular flexibility index (Phi) is 26.2. The number of aliphatic hydroxyl groups is 1. The number of aliphatic imine (C=N–C) groups is 1. The van der Waals surface area contributed by atoms with E-state index in [1.54, 1.807) is 12.1 Å². The van der Waals surface area contributed by atoms with Crippen LogP contribution in [0, 0.1) is 5.92 Å². The standard InChI is InChI=1S/C70H97N7O7Si/c1-7-10-11-12-13-14-15-16-17-18-19-20-22-28-62(78)61(8-2)76-65(79)29-23-21-24-42-73-70(83)84-55-26-25-27-56-53(35-38-55)48-75-77-67(56)51-33-30-49(31-34-51)47-74-68(80)52-36-40-57(69(81)82)60(44-52)66-58-39-32-50(46-71-4)43-63(58)85(5,6)64-45-54(72-9-3)37-41-59(64)66/h22,28,30-34,36-37,39-41,43-45,48,53,55,61-62,71,77-78H,7-21,23-27,29,35,38,42,46-47H2,1-6H3,(H,73,83)(H,74,80)(H,76,79)(H,81,82)/p-1/b28-22+,72-54?/t53?,55?,61-,62+/m0/s1. The molecule has 3 aromatic rings. The molecule has 3 amide bonds. The molecule has 458 valence electrons. The number of unbranched alkanes of at least 4 members (excludes halogenated alkanes) is 13. The summed E-state index contributed by atoms with van der Waals surface area (Å²) in [5.74, 6) is -1.60. The normalized spacial score (nSPS) is 18.3. The Hall–Kier alpha value is -6.68. The van der Waals surface area contributed by atoms with Gasteiger partial charge in [0.2, 0.25) is 5.91 Å². The summed E-state index contributed by atoms with van der Waals surface area (Å²) in [7, 11) is -0.385. The van der Waals surface area contributed by atoms with Crippen molar-refractivity contribution < 1.29 is 34.1 Å². The predicted molar refractivity (Wildman–Crippen MR) is 346 cm³/mol. The van der Waals surface area contributed by atoms with Crippen LogP contribution in [-0.2, 0) is 22.6 Å². The quantitative estimate of drug-likeness (QED) is 0.0200. The van der Waals surface area contributed by atoms with Crippen molar-refractivity contribution in [1.29, 1.82) is 0 Å². The van der Waals surface area contributed by atoms with E-state index in [1.807, 2.05) is 63.5 Å². The number of fused-ring (bicyclic) bond motifs is 3. The molecule has 14 nitrogen and oxygen atoms in total. The molecule has 3 aromatic carbocycles. The fourth-order valence-corrected chi connectivity index (χ4v) is 15.5. The van der Waals surface area contributed by atoms with E-state index in [0.29, 0.717) is 56.4 Å². The SMILES string of the molecule is CCCCCCCCCCCCC/C=C/[C@@H](O)[C@H](CC)NC(=O)CCCCCNC(=O)OC1CCCC2=C(c3ccc(CNC(=O)c4ccc(C(=O)[O-])c(C5=C6C=CC(=NCC)C=C6[Si](C)(C)c6cc(CNC)ccc65)c4)cc3)NN=CC2CC1. The number of amides is 3. The van der Waals surface area contributed by atoms with Crippen molar-refractivity contribution in [3.05, 3.63) is 146 Å². The third-order valence-corrected chi connectivity index (χ3v) is 20.8. The summed E-state index contributed by atoms with van der Waals surface area (Å²) >= 11 is 0. The molecule has 2 aliphatic carbocycles. The van der Waals surface area contributed by atoms with Gasteiger partial charge in [-0.3, -0.25) is 20.0 Å². The molecule has 1 fully saturated rings. The smallest absolute Gasteiger partial charge is 0.407 e. The van der Waals surface area contributed by atoms with Gasteiger partial charge in [0.15, 0.2) is 0 Å². The summed E-state index contributed by atoms with van der Waals surface area (Å²) < 4.78 is 5.92. The van der Waals surface area contributed by atoms with Crippen molar-refractivity contribution in [3.8, 4) is 0 Å². The average Bonchev–Trinajstić information content (AvgIpc) is 1.02. The van der Waals surface area contributed by atoms with E-state index >= 15 is 0 Å². The molecule has 0 radical (unpaired) electrons. The summed E-state index contributed by atoms with van der Waals surface area (Å²) in [6.07, 6.45) is 33.3. The number of carbonyl (C=O) groups is 4. The first-order valence-corrected chi connectivity index (χ1v) is 35.1. The molecule has 2 unspecified atom stereocenters. The molecule has 15 heteroatoms. The van der Waals surface area contributed by atoms with Gasteiger partial charge in [-0.05, 0) is 157 Å². The summed E-state index contributed by atoms with van der Waals surface area (Å²) in [5, 5.41) is 42.8. The molecule has 1 saturated carbocycles. The Morgan fingerprint density at radius 3 is 2.27 bits per heavy atom. The van der Waals surface area contributed by atoms with E-state index in [1.165, 1.54) is 81.0 Å². The minimum absolute atomic E-state index is 0.0196. The van der Waals surface area contributed by atoms with Crippen LogP contribution in [0.25, 0.3) is 11.3 Å². The van der Waals surface area contributed by atoms with Crippen molar-refractivity contribution in [2.24, 2.45) is 16.0 Å². The average molecular weight is 1180 g/mol. The number of carbonyl (C=O) groups excluding carboxylic acids is 4. The molecule has 4 atom stereocenters. The maximum atomic E-state index is 14.0. The number of aliphatic hydroxyl groups excluding tert-OH is 1. The largest absolute Gasteiger partial charge is 0.545 e. The van der Waals surface area contributed by atoms with Crippen LogP contribution in [0.2, 0.25) is 13.1 Å². The zero-order valence-electron chi connectivity index (χ0n) is 51.7. The molecule has 4 aliphatic rings. The van der Waals surface area contributed by atoms with Gasteiger partial charge in [-0.15, -0.1) is 0 Å². The molecular formula is C70H96N7O7Si-. The lowest BCUT2D eigenvalue weighted by atomic mass is 9.83. The topological polar surface area (TPSA) is 206 Å². The maximum absolute atomic E-state index is 14.0. The molecule has 0 saturated heterocycles. The Morgan fingerprint density at radius 2 is 1.55 bits per heavy atom. The number of hydrazone groups is 1. The van der Waals surface area contributed by atoms with E-state index in [-0.39, 0.29) is 42.0 Å². The number of allylic oxidation sites excluding steroid dienone is 7. The van der Waals surface area contributed by atoms with Crippen molar-refractivity contribution >= 4 is 60.3 Å². The van der Waals surface area contributed by atoms with Crippen LogP contribution >= 0.6 is 0 Å². The van der Waals surface area contributed by atoms with Crippen LogP contribution in [0.3, 0.4) is 0 Å². The van der Waals surface area contributed by atoms with Crippen molar-refractivity contribution in [3.63, 3.8) is 0 Å². The molecular weight excluding hydrogens is 1080 g/mol. The number of alkyl carbamates (subject to hydrolysis) is 1. The lowest BCUT2D eigenvalue weighted by Crippen LogP contribution is -2.49. The Morgan fingerprint density at radius 1 is 0.824 bits per heavy atom. The number of hydrogen-bond acceptors (Lipinski definition) is 11. The van der Waals surface area contributed by atoms with Crippen molar-refractivity contribution in [2.75, 3.05) is 20.1 Å². The van der Waals surface area contributed by atoms with Gasteiger partial charge in [0, 0.05) is 55.9 Å². The molecule has 2 aliphatic heterocycles. The number of aromatic carboxylic acids is 1. The Balaban J connectivity index is 0.843. The number of carboxylic acid groups (broad SMARTS) is 1. The van der Waals surface area contributed by atoms with Crippen molar-refractivity contribution in [2.45, 2.75) is 206 Å². The molecule has 2 heterocycles. The van der Waals surface area contributed by atoms with E-state index in [9.17, 15) is 29.4 Å².